The summed E-state index contributed by atoms with van der Waals surface area (Å²) in [5, 5.41) is 0.492. The Morgan fingerprint density at radius 1 is 1.40 bits per heavy atom. The van der Waals surface area contributed by atoms with E-state index in [2.05, 4.69) is 4.98 Å². The van der Waals surface area contributed by atoms with Crippen molar-refractivity contribution < 1.29 is 0 Å². The van der Waals surface area contributed by atoms with Crippen molar-refractivity contribution in [2.24, 2.45) is 7.05 Å². The van der Waals surface area contributed by atoms with Crippen molar-refractivity contribution in [1.29, 1.82) is 0 Å². The lowest BCUT2D eigenvalue weighted by Gasteiger charge is -2.02. The molecule has 4 nitrogen and oxygen atoms in total. The molecule has 78 valence electrons. The normalized spacial score (nSPS) is 10.8. The van der Waals surface area contributed by atoms with Gasteiger partial charge in [0.15, 0.2) is 0 Å². The summed E-state index contributed by atoms with van der Waals surface area (Å²) >= 11 is 5.66. The fourth-order valence-corrected chi connectivity index (χ4v) is 1.60. The Balaban J connectivity index is 2.93. The minimum absolute atomic E-state index is 0.296. The predicted molar refractivity (Wildman–Crippen MR) is 59.4 cm³/mol. The van der Waals surface area contributed by atoms with Crippen LogP contribution in [0.2, 0.25) is 0 Å². The van der Waals surface area contributed by atoms with Crippen molar-refractivity contribution in [1.82, 2.24) is 9.55 Å². The first-order valence-corrected chi connectivity index (χ1v) is 4.95. The highest BCUT2D eigenvalue weighted by atomic mass is 35.5. The van der Waals surface area contributed by atoms with Gasteiger partial charge in [0.2, 0.25) is 0 Å². The Hall–Kier alpha value is -1.55. The highest BCUT2D eigenvalue weighted by Gasteiger charge is 2.04. The van der Waals surface area contributed by atoms with Gasteiger partial charge < -0.3 is 4.98 Å². The first-order chi connectivity index (χ1) is 7.13. The summed E-state index contributed by atoms with van der Waals surface area (Å²) in [5.74, 6) is 0.354. The third-order valence-corrected chi connectivity index (χ3v) is 2.63. The van der Waals surface area contributed by atoms with E-state index in [1.165, 1.54) is 7.05 Å². The molecular weight excluding hydrogens is 216 g/mol. The fourth-order valence-electron chi connectivity index (χ4n) is 1.44. The van der Waals surface area contributed by atoms with Crippen LogP contribution < -0.4 is 11.2 Å². The summed E-state index contributed by atoms with van der Waals surface area (Å²) in [5.41, 5.74) is 0.684. The Bertz CT molecular complexity index is 627. The minimum Gasteiger partial charge on any atom is -0.307 e. The van der Waals surface area contributed by atoms with Gasteiger partial charge in [-0.3, -0.25) is 9.36 Å². The lowest BCUT2D eigenvalue weighted by molar-refractivity contribution is 0.793. The summed E-state index contributed by atoms with van der Waals surface area (Å²) < 4.78 is 1.04. The van der Waals surface area contributed by atoms with Crippen molar-refractivity contribution in [3.63, 3.8) is 0 Å². The highest BCUT2D eigenvalue weighted by molar-refractivity contribution is 6.17. The van der Waals surface area contributed by atoms with Gasteiger partial charge in [-0.25, -0.2) is 4.79 Å². The van der Waals surface area contributed by atoms with Crippen LogP contribution in [-0.2, 0) is 12.9 Å². The summed E-state index contributed by atoms with van der Waals surface area (Å²) in [6, 6.07) is 5.16. The van der Waals surface area contributed by atoms with Crippen molar-refractivity contribution in [2.45, 2.75) is 5.88 Å². The zero-order valence-corrected chi connectivity index (χ0v) is 8.84. The number of aromatic nitrogens is 2. The van der Waals surface area contributed by atoms with E-state index in [0.717, 1.165) is 10.1 Å². The summed E-state index contributed by atoms with van der Waals surface area (Å²) in [4.78, 5) is 25.6. The summed E-state index contributed by atoms with van der Waals surface area (Å²) in [7, 11) is 1.44. The number of aromatic amines is 1. The van der Waals surface area contributed by atoms with E-state index >= 15 is 0 Å². The second-order valence-corrected chi connectivity index (χ2v) is 3.58. The van der Waals surface area contributed by atoms with Crippen molar-refractivity contribution in [3.05, 3.63) is 44.6 Å². The van der Waals surface area contributed by atoms with E-state index < -0.39 is 5.69 Å². The molecule has 1 N–H and O–H groups in total. The molecule has 0 amide bonds. The molecule has 0 atom stereocenters. The average Bonchev–Trinajstić information content (AvgIpc) is 2.25. The molecule has 1 aromatic carbocycles. The van der Waals surface area contributed by atoms with Gasteiger partial charge in [0.05, 0.1) is 10.9 Å². The molecule has 0 unspecified atom stereocenters. The zero-order valence-electron chi connectivity index (χ0n) is 8.08. The second-order valence-electron chi connectivity index (χ2n) is 3.31. The Morgan fingerprint density at radius 3 is 2.80 bits per heavy atom. The molecule has 2 rings (SSSR count). The molecule has 0 bridgehead atoms. The number of hydrogen-bond acceptors (Lipinski definition) is 2. The van der Waals surface area contributed by atoms with Crippen LogP contribution in [0.15, 0.2) is 27.8 Å². The molecule has 0 aliphatic heterocycles. The second kappa shape index (κ2) is 3.55. The molecule has 1 heterocycles. The molecule has 0 saturated carbocycles. The lowest BCUT2D eigenvalue weighted by atomic mass is 10.2. The molecular formula is C10H9ClN2O2. The average molecular weight is 225 g/mol. The molecule has 2 aromatic rings. The van der Waals surface area contributed by atoms with Gasteiger partial charge >= 0.3 is 5.69 Å². The number of nitrogens with zero attached hydrogens (tertiary/aromatic N) is 1. The molecule has 0 radical (unpaired) electrons. The van der Waals surface area contributed by atoms with Crippen LogP contribution in [0.25, 0.3) is 10.9 Å². The van der Waals surface area contributed by atoms with Crippen LogP contribution >= 0.6 is 11.6 Å². The van der Waals surface area contributed by atoms with Crippen LogP contribution in [0.1, 0.15) is 5.56 Å². The van der Waals surface area contributed by atoms with Gasteiger partial charge in [0.1, 0.15) is 0 Å². The maximum Gasteiger partial charge on any atom is 0.328 e. The fraction of sp³-hybridized carbons (Fsp3) is 0.200. The topological polar surface area (TPSA) is 54.9 Å². The Morgan fingerprint density at radius 2 is 2.13 bits per heavy atom. The molecule has 15 heavy (non-hydrogen) atoms. The standard InChI is InChI=1S/C10H9ClN2O2/c1-13-9(14)7-3-2-6(5-11)4-8(7)12-10(13)15/h2-4H,5H2,1H3,(H,12,15). The van der Waals surface area contributed by atoms with Crippen LogP contribution in [0.5, 0.6) is 0 Å². The quantitative estimate of drug-likeness (QED) is 0.734. The SMILES string of the molecule is Cn1c(=O)[nH]c2cc(CCl)ccc2c1=O. The van der Waals surface area contributed by atoms with Crippen LogP contribution in [-0.4, -0.2) is 9.55 Å². The number of rotatable bonds is 1. The largest absolute Gasteiger partial charge is 0.328 e. The maximum absolute atomic E-state index is 11.7. The first-order valence-electron chi connectivity index (χ1n) is 4.41. The van der Waals surface area contributed by atoms with Gasteiger partial charge in [-0.05, 0) is 17.7 Å². The first kappa shape index (κ1) is 9.98. The summed E-state index contributed by atoms with van der Waals surface area (Å²) in [6.07, 6.45) is 0. The van der Waals surface area contributed by atoms with E-state index in [-0.39, 0.29) is 5.56 Å². The molecule has 0 aliphatic rings. The minimum atomic E-state index is -0.417. The van der Waals surface area contributed by atoms with Gasteiger partial charge in [-0.1, -0.05) is 6.07 Å². The lowest BCUT2D eigenvalue weighted by Crippen LogP contribution is -2.32. The smallest absolute Gasteiger partial charge is 0.307 e. The molecule has 5 heteroatoms. The monoisotopic (exact) mass is 224 g/mol. The molecule has 0 spiro atoms. The third kappa shape index (κ3) is 1.57. The Kier molecular flexibility index (Phi) is 2.36. The molecule has 1 aromatic heterocycles. The van der Waals surface area contributed by atoms with Gasteiger partial charge in [-0.15, -0.1) is 11.6 Å². The number of benzene rings is 1. The number of fused-ring (bicyclic) bond motifs is 1. The van der Waals surface area contributed by atoms with Crippen LogP contribution in [0.3, 0.4) is 0 Å². The third-order valence-electron chi connectivity index (χ3n) is 2.32. The van der Waals surface area contributed by atoms with Crippen molar-refractivity contribution in [3.8, 4) is 0 Å². The number of halogens is 1. The predicted octanol–water partition coefficient (Wildman–Crippen LogP) is 0.966. The maximum atomic E-state index is 11.7. The summed E-state index contributed by atoms with van der Waals surface area (Å²) in [6.45, 7) is 0. The van der Waals surface area contributed by atoms with E-state index in [9.17, 15) is 9.59 Å². The molecule has 0 saturated heterocycles. The van der Waals surface area contributed by atoms with Crippen LogP contribution in [0.4, 0.5) is 0 Å². The Labute approximate surface area is 90.1 Å². The number of alkyl halides is 1. The molecule has 0 fully saturated rings. The van der Waals surface area contributed by atoms with Gasteiger partial charge in [0.25, 0.3) is 5.56 Å². The van der Waals surface area contributed by atoms with E-state index in [1.807, 2.05) is 0 Å². The van der Waals surface area contributed by atoms with E-state index in [4.69, 9.17) is 11.6 Å². The number of hydrogen-bond donors (Lipinski definition) is 1. The zero-order chi connectivity index (χ0) is 11.0. The molecule has 0 aliphatic carbocycles. The van der Waals surface area contributed by atoms with E-state index in [1.54, 1.807) is 18.2 Å². The van der Waals surface area contributed by atoms with Crippen molar-refractivity contribution in [2.75, 3.05) is 0 Å². The van der Waals surface area contributed by atoms with Crippen LogP contribution in [0, 0.1) is 0 Å². The van der Waals surface area contributed by atoms with Crippen molar-refractivity contribution >= 4 is 22.5 Å². The van der Waals surface area contributed by atoms with E-state index in [0.29, 0.717) is 16.8 Å². The number of nitrogens with one attached hydrogen (secondary N) is 1. The van der Waals surface area contributed by atoms with Gasteiger partial charge in [-0.2, -0.15) is 0 Å². The number of H-pyrrole nitrogens is 1. The van der Waals surface area contributed by atoms with Gasteiger partial charge in [0, 0.05) is 12.9 Å². The highest BCUT2D eigenvalue weighted by Crippen LogP contribution is 2.10.